The molecule has 0 aliphatic heterocycles. The van der Waals surface area contributed by atoms with Gasteiger partial charge in [0.15, 0.2) is 0 Å². The number of hydrogen-bond acceptors (Lipinski definition) is 3. The van der Waals surface area contributed by atoms with Gasteiger partial charge in [-0.2, -0.15) is 4.72 Å². The van der Waals surface area contributed by atoms with Crippen molar-refractivity contribution in [2.45, 2.75) is 24.8 Å². The molecular weight excluding hydrogens is 280 g/mol. The van der Waals surface area contributed by atoms with Crippen LogP contribution < -0.4 is 4.72 Å². The Balaban J connectivity index is 2.63. The number of carboxylic acid groups (broad SMARTS) is 1. The number of aliphatic carboxylic acids is 1. The summed E-state index contributed by atoms with van der Waals surface area (Å²) in [5.74, 6) is -1.22. The van der Waals surface area contributed by atoms with E-state index >= 15 is 0 Å². The van der Waals surface area contributed by atoms with Crippen LogP contribution in [0, 0.1) is 6.92 Å². The van der Waals surface area contributed by atoms with Gasteiger partial charge in [-0.25, -0.2) is 8.42 Å². The maximum Gasteiger partial charge on any atom is 0.321 e. The molecule has 1 aromatic heterocycles. The molecule has 0 saturated carbocycles. The van der Waals surface area contributed by atoms with Gasteiger partial charge in [0.1, 0.15) is 10.9 Å². The van der Waals surface area contributed by atoms with Crippen LogP contribution in [0.3, 0.4) is 0 Å². The summed E-state index contributed by atoms with van der Waals surface area (Å²) in [4.78, 5) is 11.0. The molecule has 6 nitrogen and oxygen atoms in total. The first-order valence-corrected chi connectivity index (χ1v) is 7.53. The summed E-state index contributed by atoms with van der Waals surface area (Å²) >= 11 is 0. The van der Waals surface area contributed by atoms with Crippen molar-refractivity contribution in [1.82, 2.24) is 9.29 Å². The predicted molar refractivity (Wildman–Crippen MR) is 75.1 cm³/mol. The van der Waals surface area contributed by atoms with Crippen LogP contribution in [0.1, 0.15) is 12.6 Å². The lowest BCUT2D eigenvalue weighted by atomic mass is 10.2. The Kier molecular flexibility index (Phi) is 3.58. The third-order valence-electron chi connectivity index (χ3n) is 3.31. The summed E-state index contributed by atoms with van der Waals surface area (Å²) in [6, 6.07) is 5.93. The fourth-order valence-electron chi connectivity index (χ4n) is 2.17. The largest absolute Gasteiger partial charge is 0.480 e. The Morgan fingerprint density at radius 2 is 1.95 bits per heavy atom. The van der Waals surface area contributed by atoms with Crippen molar-refractivity contribution < 1.29 is 18.3 Å². The lowest BCUT2D eigenvalue weighted by molar-refractivity contribution is -0.138. The van der Waals surface area contributed by atoms with E-state index in [-0.39, 0.29) is 4.90 Å². The maximum atomic E-state index is 12.4. The van der Waals surface area contributed by atoms with Crippen molar-refractivity contribution in [3.63, 3.8) is 0 Å². The fraction of sp³-hybridized carbons (Fsp3) is 0.308. The highest BCUT2D eigenvalue weighted by Crippen LogP contribution is 2.28. The second-order valence-corrected chi connectivity index (χ2v) is 6.32. The normalized spacial score (nSPS) is 13.6. The van der Waals surface area contributed by atoms with Gasteiger partial charge in [-0.3, -0.25) is 4.79 Å². The molecule has 0 amide bonds. The van der Waals surface area contributed by atoms with Crippen LogP contribution >= 0.6 is 0 Å². The van der Waals surface area contributed by atoms with Gasteiger partial charge < -0.3 is 9.67 Å². The lowest BCUT2D eigenvalue weighted by Crippen LogP contribution is -2.38. The summed E-state index contributed by atoms with van der Waals surface area (Å²) in [5.41, 5.74) is 1.35. The second kappa shape index (κ2) is 4.92. The minimum Gasteiger partial charge on any atom is -0.480 e. The van der Waals surface area contributed by atoms with Gasteiger partial charge in [0.05, 0.1) is 0 Å². The van der Waals surface area contributed by atoms with Crippen molar-refractivity contribution in [2.24, 2.45) is 7.05 Å². The molecule has 1 unspecified atom stereocenters. The first-order chi connectivity index (χ1) is 9.25. The van der Waals surface area contributed by atoms with Gasteiger partial charge in [-0.05, 0) is 19.9 Å². The highest BCUT2D eigenvalue weighted by Gasteiger charge is 2.27. The Hall–Kier alpha value is -1.86. The number of sulfonamides is 1. The van der Waals surface area contributed by atoms with Crippen molar-refractivity contribution in [3.8, 4) is 0 Å². The van der Waals surface area contributed by atoms with Crippen LogP contribution in [0.4, 0.5) is 0 Å². The van der Waals surface area contributed by atoms with Crippen LogP contribution in [-0.4, -0.2) is 30.1 Å². The molecule has 108 valence electrons. The quantitative estimate of drug-likeness (QED) is 0.888. The average molecular weight is 296 g/mol. The van der Waals surface area contributed by atoms with Crippen LogP contribution in [0.25, 0.3) is 10.9 Å². The van der Waals surface area contributed by atoms with Gasteiger partial charge in [0.2, 0.25) is 10.0 Å². The highest BCUT2D eigenvalue weighted by atomic mass is 32.2. The van der Waals surface area contributed by atoms with Crippen LogP contribution in [0.5, 0.6) is 0 Å². The zero-order chi connectivity index (χ0) is 15.1. The van der Waals surface area contributed by atoms with E-state index in [0.717, 1.165) is 5.52 Å². The van der Waals surface area contributed by atoms with E-state index in [1.165, 1.54) is 6.92 Å². The number of aryl methyl sites for hydroxylation is 1. The van der Waals surface area contributed by atoms with E-state index in [1.54, 1.807) is 30.7 Å². The van der Waals surface area contributed by atoms with Gasteiger partial charge in [-0.15, -0.1) is 0 Å². The summed E-state index contributed by atoms with van der Waals surface area (Å²) in [7, 11) is -2.12. The number of fused-ring (bicyclic) bond motifs is 1. The number of hydrogen-bond donors (Lipinski definition) is 2. The van der Waals surface area contributed by atoms with Crippen molar-refractivity contribution in [3.05, 3.63) is 30.0 Å². The summed E-state index contributed by atoms with van der Waals surface area (Å²) in [6.45, 7) is 2.99. The number of carbonyl (C=O) groups is 1. The fourth-order valence-corrected chi connectivity index (χ4v) is 3.84. The molecule has 0 radical (unpaired) electrons. The van der Waals surface area contributed by atoms with Gasteiger partial charge in [-0.1, -0.05) is 18.2 Å². The van der Waals surface area contributed by atoms with Crippen molar-refractivity contribution >= 4 is 26.9 Å². The summed E-state index contributed by atoms with van der Waals surface area (Å²) < 4.78 is 28.8. The number of aromatic nitrogens is 1. The monoisotopic (exact) mass is 296 g/mol. The van der Waals surface area contributed by atoms with Gasteiger partial charge in [0, 0.05) is 23.6 Å². The van der Waals surface area contributed by atoms with E-state index in [4.69, 9.17) is 5.11 Å². The van der Waals surface area contributed by atoms with E-state index in [9.17, 15) is 13.2 Å². The highest BCUT2D eigenvalue weighted by molar-refractivity contribution is 7.89. The van der Waals surface area contributed by atoms with Crippen LogP contribution in [-0.2, 0) is 21.9 Å². The van der Waals surface area contributed by atoms with E-state index in [1.807, 2.05) is 12.1 Å². The van der Waals surface area contributed by atoms with E-state index in [2.05, 4.69) is 4.72 Å². The molecule has 0 bridgehead atoms. The smallest absolute Gasteiger partial charge is 0.321 e. The van der Waals surface area contributed by atoms with E-state index in [0.29, 0.717) is 11.1 Å². The molecule has 0 fully saturated rings. The van der Waals surface area contributed by atoms with Gasteiger partial charge >= 0.3 is 5.97 Å². The molecule has 1 aromatic carbocycles. The number of benzene rings is 1. The Morgan fingerprint density at radius 1 is 1.35 bits per heavy atom. The second-order valence-electron chi connectivity index (χ2n) is 4.67. The number of nitrogens with zero attached hydrogens (tertiary/aromatic N) is 1. The van der Waals surface area contributed by atoms with Crippen LogP contribution in [0.15, 0.2) is 29.2 Å². The van der Waals surface area contributed by atoms with E-state index < -0.39 is 22.0 Å². The SMILES string of the molecule is Cc1c(S(=O)(=O)NC(C)C(=O)O)c2ccccc2n1C. The zero-order valence-corrected chi connectivity index (χ0v) is 12.2. The maximum absolute atomic E-state index is 12.4. The summed E-state index contributed by atoms with van der Waals surface area (Å²) in [5, 5.41) is 9.43. The summed E-state index contributed by atoms with van der Waals surface area (Å²) in [6.07, 6.45) is 0. The topological polar surface area (TPSA) is 88.4 Å². The van der Waals surface area contributed by atoms with Crippen molar-refractivity contribution in [1.29, 1.82) is 0 Å². The molecule has 1 atom stereocenters. The van der Waals surface area contributed by atoms with Crippen LogP contribution in [0.2, 0.25) is 0 Å². The van der Waals surface area contributed by atoms with Gasteiger partial charge in [0.25, 0.3) is 0 Å². The standard InChI is InChI=1S/C13H16N2O4S/c1-8(13(16)17)14-20(18,19)12-9(2)15(3)11-7-5-4-6-10(11)12/h4-8,14H,1-3H3,(H,16,17). The molecule has 20 heavy (non-hydrogen) atoms. The third-order valence-corrected chi connectivity index (χ3v) is 5.03. The third kappa shape index (κ3) is 2.30. The first kappa shape index (κ1) is 14.5. The molecule has 7 heteroatoms. The minimum atomic E-state index is -3.89. The Morgan fingerprint density at radius 3 is 2.55 bits per heavy atom. The minimum absolute atomic E-state index is 0.128. The molecule has 0 spiro atoms. The predicted octanol–water partition coefficient (Wildman–Crippen LogP) is 1.24. The molecule has 2 rings (SSSR count). The molecule has 0 aliphatic carbocycles. The lowest BCUT2D eigenvalue weighted by Gasteiger charge is -2.10. The molecule has 2 N–H and O–H groups in total. The number of para-hydroxylation sites is 1. The molecule has 1 heterocycles. The van der Waals surface area contributed by atoms with Crippen molar-refractivity contribution in [2.75, 3.05) is 0 Å². The first-order valence-electron chi connectivity index (χ1n) is 6.05. The Bertz CT molecular complexity index is 777. The Labute approximate surface area is 117 Å². The molecule has 2 aromatic rings. The molecule has 0 aliphatic rings. The average Bonchev–Trinajstić information content (AvgIpc) is 2.62. The number of nitrogens with one attached hydrogen (secondary N) is 1. The zero-order valence-electron chi connectivity index (χ0n) is 11.4. The number of carboxylic acids is 1. The molecular formula is C13H16N2O4S. The molecule has 0 saturated heterocycles. The number of rotatable bonds is 4.